The lowest BCUT2D eigenvalue weighted by Crippen LogP contribution is -2.22. The first-order chi connectivity index (χ1) is 15.8. The number of carbonyl (C=O) groups is 1. The predicted molar refractivity (Wildman–Crippen MR) is 124 cm³/mol. The van der Waals surface area contributed by atoms with E-state index in [2.05, 4.69) is 10.0 Å². The molecule has 4 aromatic rings. The summed E-state index contributed by atoms with van der Waals surface area (Å²) < 4.78 is 46.5. The summed E-state index contributed by atoms with van der Waals surface area (Å²) in [5.74, 6) is 0.782. The van der Waals surface area contributed by atoms with Crippen molar-refractivity contribution in [1.82, 2.24) is 5.32 Å². The molecule has 0 saturated carbocycles. The van der Waals surface area contributed by atoms with Crippen molar-refractivity contribution in [2.45, 2.75) is 18.4 Å². The van der Waals surface area contributed by atoms with Crippen molar-refractivity contribution in [1.29, 1.82) is 0 Å². The highest BCUT2D eigenvalue weighted by atomic mass is 32.2. The zero-order valence-electron chi connectivity index (χ0n) is 17.7. The summed E-state index contributed by atoms with van der Waals surface area (Å²) in [7, 11) is -3.82. The number of hydrogen-bond donors (Lipinski definition) is 2. The quantitative estimate of drug-likeness (QED) is 0.397. The molecule has 4 rings (SSSR count). The average Bonchev–Trinajstić information content (AvgIpc) is 3.23. The standard InChI is InChI=1S/C25H21FN2O4S/c1-17-2-13-23(32-17)16-27-25(29)20-5-11-22(12-6-20)28-33(30,31)24-14-7-19(8-15-24)18-3-9-21(26)10-4-18/h2-15,28H,16H2,1H3,(H,27,29). The van der Waals surface area contributed by atoms with Crippen LogP contribution in [0.3, 0.4) is 0 Å². The Labute approximate surface area is 191 Å². The van der Waals surface area contributed by atoms with Crippen molar-refractivity contribution >= 4 is 21.6 Å². The maximum Gasteiger partial charge on any atom is 0.261 e. The predicted octanol–water partition coefficient (Wildman–Crippen LogP) is 5.12. The Morgan fingerprint density at radius 2 is 1.45 bits per heavy atom. The molecule has 0 bridgehead atoms. The van der Waals surface area contributed by atoms with Crippen LogP contribution in [-0.2, 0) is 16.6 Å². The molecule has 6 nitrogen and oxygen atoms in total. The van der Waals surface area contributed by atoms with Crippen molar-refractivity contribution in [2.75, 3.05) is 4.72 Å². The van der Waals surface area contributed by atoms with Gasteiger partial charge in [-0.15, -0.1) is 0 Å². The zero-order valence-corrected chi connectivity index (χ0v) is 18.5. The molecule has 0 saturated heterocycles. The van der Waals surface area contributed by atoms with Gasteiger partial charge in [0.2, 0.25) is 0 Å². The molecule has 1 heterocycles. The molecule has 0 radical (unpaired) electrons. The third-order valence-corrected chi connectivity index (χ3v) is 6.36. The van der Waals surface area contributed by atoms with Crippen LogP contribution in [-0.4, -0.2) is 14.3 Å². The SMILES string of the molecule is Cc1ccc(CNC(=O)c2ccc(NS(=O)(=O)c3ccc(-c4ccc(F)cc4)cc3)cc2)o1. The molecular formula is C25H21FN2O4S. The minimum absolute atomic E-state index is 0.0870. The van der Waals surface area contributed by atoms with Crippen LogP contribution in [0.15, 0.2) is 94.2 Å². The summed E-state index contributed by atoms with van der Waals surface area (Å²) in [6, 6.07) is 22.0. The number of rotatable bonds is 7. The van der Waals surface area contributed by atoms with Crippen molar-refractivity contribution in [2.24, 2.45) is 0 Å². The van der Waals surface area contributed by atoms with Gasteiger partial charge in [0.25, 0.3) is 15.9 Å². The van der Waals surface area contributed by atoms with Crippen molar-refractivity contribution < 1.29 is 22.0 Å². The zero-order chi connectivity index (χ0) is 23.4. The maximum atomic E-state index is 13.1. The fourth-order valence-corrected chi connectivity index (χ4v) is 4.28. The van der Waals surface area contributed by atoms with Crippen LogP contribution in [0.25, 0.3) is 11.1 Å². The largest absolute Gasteiger partial charge is 0.465 e. The van der Waals surface area contributed by atoms with E-state index in [4.69, 9.17) is 4.42 Å². The first-order valence-electron chi connectivity index (χ1n) is 10.1. The van der Waals surface area contributed by atoms with Gasteiger partial charge < -0.3 is 9.73 Å². The minimum Gasteiger partial charge on any atom is -0.465 e. The highest BCUT2D eigenvalue weighted by Crippen LogP contribution is 2.23. The Balaban J connectivity index is 1.40. The number of carbonyl (C=O) groups excluding carboxylic acids is 1. The van der Waals surface area contributed by atoms with E-state index in [0.29, 0.717) is 17.0 Å². The summed E-state index contributed by atoms with van der Waals surface area (Å²) in [5, 5.41) is 2.75. The second kappa shape index (κ2) is 9.30. The summed E-state index contributed by atoms with van der Waals surface area (Å²) >= 11 is 0. The van der Waals surface area contributed by atoms with Crippen LogP contribution in [0.5, 0.6) is 0 Å². The molecule has 33 heavy (non-hydrogen) atoms. The van der Waals surface area contributed by atoms with Gasteiger partial charge in [0.1, 0.15) is 17.3 Å². The Bertz CT molecular complexity index is 1360. The van der Waals surface area contributed by atoms with E-state index < -0.39 is 10.0 Å². The number of nitrogens with one attached hydrogen (secondary N) is 2. The lowest BCUT2D eigenvalue weighted by Gasteiger charge is -2.10. The molecule has 0 atom stereocenters. The first-order valence-corrected chi connectivity index (χ1v) is 11.6. The second-order valence-electron chi connectivity index (χ2n) is 7.41. The molecule has 1 aromatic heterocycles. The summed E-state index contributed by atoms with van der Waals surface area (Å²) in [6.45, 7) is 2.08. The molecule has 0 unspecified atom stereocenters. The van der Waals surface area contributed by atoms with Gasteiger partial charge in [-0.2, -0.15) is 0 Å². The Hall–Kier alpha value is -3.91. The fraction of sp³-hybridized carbons (Fsp3) is 0.0800. The molecule has 0 aliphatic carbocycles. The number of anilines is 1. The number of amides is 1. The van der Waals surface area contributed by atoms with Crippen LogP contribution < -0.4 is 10.0 Å². The summed E-state index contributed by atoms with van der Waals surface area (Å²) in [5.41, 5.74) is 2.28. The Kier molecular flexibility index (Phi) is 6.28. The van der Waals surface area contributed by atoms with Crippen LogP contribution in [0.1, 0.15) is 21.9 Å². The number of aryl methyl sites for hydroxylation is 1. The molecule has 3 aromatic carbocycles. The molecule has 168 valence electrons. The monoisotopic (exact) mass is 464 g/mol. The molecule has 2 N–H and O–H groups in total. The Morgan fingerprint density at radius 3 is 2.03 bits per heavy atom. The Morgan fingerprint density at radius 1 is 0.848 bits per heavy atom. The number of hydrogen-bond acceptors (Lipinski definition) is 4. The summed E-state index contributed by atoms with van der Waals surface area (Å²) in [4.78, 5) is 12.4. The van der Waals surface area contributed by atoms with E-state index in [0.717, 1.165) is 16.9 Å². The lowest BCUT2D eigenvalue weighted by atomic mass is 10.1. The minimum atomic E-state index is -3.82. The number of benzene rings is 3. The van der Waals surface area contributed by atoms with Gasteiger partial charge in [0, 0.05) is 11.3 Å². The van der Waals surface area contributed by atoms with E-state index in [-0.39, 0.29) is 23.2 Å². The number of sulfonamides is 1. The average molecular weight is 465 g/mol. The van der Waals surface area contributed by atoms with E-state index in [1.54, 1.807) is 30.3 Å². The number of furan rings is 1. The fourth-order valence-electron chi connectivity index (χ4n) is 3.22. The van der Waals surface area contributed by atoms with Gasteiger partial charge in [-0.1, -0.05) is 24.3 Å². The normalized spacial score (nSPS) is 11.2. The molecule has 0 fully saturated rings. The van der Waals surface area contributed by atoms with Crippen LogP contribution in [0.4, 0.5) is 10.1 Å². The third-order valence-electron chi connectivity index (χ3n) is 4.96. The molecule has 0 aliphatic rings. The van der Waals surface area contributed by atoms with Gasteiger partial charge in [-0.05, 0) is 78.7 Å². The van der Waals surface area contributed by atoms with Gasteiger partial charge in [0.05, 0.1) is 11.4 Å². The lowest BCUT2D eigenvalue weighted by molar-refractivity contribution is 0.0948. The maximum absolute atomic E-state index is 13.1. The van der Waals surface area contributed by atoms with E-state index >= 15 is 0 Å². The van der Waals surface area contributed by atoms with Gasteiger partial charge in [0.15, 0.2) is 0 Å². The topological polar surface area (TPSA) is 88.4 Å². The molecular weight excluding hydrogens is 443 g/mol. The molecule has 1 amide bonds. The van der Waals surface area contributed by atoms with E-state index in [9.17, 15) is 17.6 Å². The van der Waals surface area contributed by atoms with Gasteiger partial charge >= 0.3 is 0 Å². The highest BCUT2D eigenvalue weighted by Gasteiger charge is 2.15. The second-order valence-corrected chi connectivity index (χ2v) is 9.09. The van der Waals surface area contributed by atoms with Crippen molar-refractivity contribution in [3.63, 3.8) is 0 Å². The molecule has 8 heteroatoms. The van der Waals surface area contributed by atoms with Crippen molar-refractivity contribution in [3.8, 4) is 11.1 Å². The third kappa shape index (κ3) is 5.48. The van der Waals surface area contributed by atoms with Crippen LogP contribution in [0.2, 0.25) is 0 Å². The smallest absolute Gasteiger partial charge is 0.261 e. The van der Waals surface area contributed by atoms with Crippen LogP contribution in [0, 0.1) is 12.7 Å². The van der Waals surface area contributed by atoms with E-state index in [1.807, 2.05) is 13.0 Å². The van der Waals surface area contributed by atoms with Crippen molar-refractivity contribution in [3.05, 3.63) is 108 Å². The number of halogens is 1. The van der Waals surface area contributed by atoms with Gasteiger partial charge in [-0.3, -0.25) is 9.52 Å². The van der Waals surface area contributed by atoms with E-state index in [1.165, 1.54) is 48.5 Å². The molecule has 0 aliphatic heterocycles. The highest BCUT2D eigenvalue weighted by molar-refractivity contribution is 7.92. The van der Waals surface area contributed by atoms with Gasteiger partial charge in [-0.25, -0.2) is 12.8 Å². The summed E-state index contributed by atoms with van der Waals surface area (Å²) in [6.07, 6.45) is 0. The first kappa shape index (κ1) is 22.3. The molecule has 0 spiro atoms. The van der Waals surface area contributed by atoms with Crippen LogP contribution >= 0.6 is 0 Å².